The van der Waals surface area contributed by atoms with Crippen LogP contribution < -0.4 is 5.56 Å². The van der Waals surface area contributed by atoms with Gasteiger partial charge in [0, 0.05) is 13.5 Å². The second-order valence-corrected chi connectivity index (χ2v) is 3.16. The summed E-state index contributed by atoms with van der Waals surface area (Å²) in [4.78, 5) is 17.3. The van der Waals surface area contributed by atoms with Crippen LogP contribution >= 0.6 is 0 Å². The van der Waals surface area contributed by atoms with Crippen molar-refractivity contribution in [3.05, 3.63) is 27.7 Å². The molecule has 0 saturated heterocycles. The topological polar surface area (TPSA) is 55.0 Å². The van der Waals surface area contributed by atoms with Gasteiger partial charge in [0.15, 0.2) is 0 Å². The van der Waals surface area contributed by atoms with Crippen LogP contribution in [0.3, 0.4) is 0 Å². The fourth-order valence-corrected chi connectivity index (χ4v) is 1.08. The quantitative estimate of drug-likeness (QED) is 0.785. The summed E-state index contributed by atoms with van der Waals surface area (Å²) in [5, 5.41) is 0. The molecule has 1 aromatic rings. The van der Waals surface area contributed by atoms with Crippen LogP contribution in [0.2, 0.25) is 0 Å². The van der Waals surface area contributed by atoms with Gasteiger partial charge in [-0.2, -0.15) is 4.39 Å². The zero-order valence-electron chi connectivity index (χ0n) is 8.43. The number of nitrogens with zero attached hydrogens (tertiary/aromatic N) is 1. The molecular weight excluding hydrogens is 187 g/mol. The summed E-state index contributed by atoms with van der Waals surface area (Å²) in [6.07, 6.45) is 0.412. The molecule has 1 N–H and O–H groups in total. The molecular formula is C9H13FN2O2. The Bertz CT molecular complexity index is 376. The lowest BCUT2D eigenvalue weighted by Crippen LogP contribution is -2.20. The molecule has 5 heteroatoms. The van der Waals surface area contributed by atoms with E-state index in [2.05, 4.69) is 9.97 Å². The van der Waals surface area contributed by atoms with E-state index in [1.54, 1.807) is 7.11 Å². The lowest BCUT2D eigenvalue weighted by molar-refractivity contribution is 0.117. The molecule has 1 rings (SSSR count). The first kappa shape index (κ1) is 10.8. The first-order valence-corrected chi connectivity index (χ1v) is 4.32. The molecule has 14 heavy (non-hydrogen) atoms. The van der Waals surface area contributed by atoms with Crippen molar-refractivity contribution in [1.82, 2.24) is 9.97 Å². The minimum atomic E-state index is -0.821. The maximum Gasteiger partial charge on any atom is 0.287 e. The fraction of sp³-hybridized carbons (Fsp3) is 0.556. The largest absolute Gasteiger partial charge is 0.381 e. The lowest BCUT2D eigenvalue weighted by Gasteiger charge is -2.08. The number of rotatable bonds is 3. The second kappa shape index (κ2) is 4.32. The zero-order chi connectivity index (χ0) is 10.7. The molecule has 0 radical (unpaired) electrons. The van der Waals surface area contributed by atoms with E-state index in [9.17, 15) is 9.18 Å². The van der Waals surface area contributed by atoms with Gasteiger partial charge in [-0.3, -0.25) is 4.79 Å². The number of hydrogen-bond acceptors (Lipinski definition) is 3. The molecule has 0 aliphatic heterocycles. The standard InChI is InChI=1S/C9H13FN2O2/c1-5(14-3)4-7-11-6(2)8(10)9(13)12-7/h5H,4H2,1-3H3,(H,11,12,13). The van der Waals surface area contributed by atoms with E-state index in [0.717, 1.165) is 0 Å². The summed E-state index contributed by atoms with van der Waals surface area (Å²) in [6, 6.07) is 0. The lowest BCUT2D eigenvalue weighted by atomic mass is 10.2. The average molecular weight is 200 g/mol. The van der Waals surface area contributed by atoms with Crippen LogP contribution in [0.5, 0.6) is 0 Å². The highest BCUT2D eigenvalue weighted by molar-refractivity contribution is 5.04. The monoisotopic (exact) mass is 200 g/mol. The van der Waals surface area contributed by atoms with Gasteiger partial charge in [-0.05, 0) is 13.8 Å². The first-order valence-electron chi connectivity index (χ1n) is 4.32. The fourth-order valence-electron chi connectivity index (χ4n) is 1.08. The Morgan fingerprint density at radius 2 is 2.29 bits per heavy atom. The third-order valence-corrected chi connectivity index (χ3v) is 1.96. The SMILES string of the molecule is COC(C)Cc1nc(C)c(F)c(=O)[nH]1. The van der Waals surface area contributed by atoms with Crippen molar-refractivity contribution in [2.75, 3.05) is 7.11 Å². The summed E-state index contributed by atoms with van der Waals surface area (Å²) >= 11 is 0. The van der Waals surface area contributed by atoms with Crippen molar-refractivity contribution in [3.63, 3.8) is 0 Å². The number of aromatic nitrogens is 2. The van der Waals surface area contributed by atoms with E-state index >= 15 is 0 Å². The van der Waals surface area contributed by atoms with Crippen molar-refractivity contribution in [1.29, 1.82) is 0 Å². The van der Waals surface area contributed by atoms with Crippen LogP contribution in [0.15, 0.2) is 4.79 Å². The molecule has 1 aromatic heterocycles. The highest BCUT2D eigenvalue weighted by Gasteiger charge is 2.09. The van der Waals surface area contributed by atoms with Gasteiger partial charge in [-0.25, -0.2) is 4.98 Å². The molecule has 0 bridgehead atoms. The van der Waals surface area contributed by atoms with Crippen LogP contribution in [-0.2, 0) is 11.2 Å². The predicted octanol–water partition coefficient (Wildman–Crippen LogP) is 0.795. The molecule has 4 nitrogen and oxygen atoms in total. The Morgan fingerprint density at radius 3 is 2.79 bits per heavy atom. The number of halogens is 1. The first-order chi connectivity index (χ1) is 6.54. The molecule has 0 aliphatic carbocycles. The van der Waals surface area contributed by atoms with Gasteiger partial charge in [0.1, 0.15) is 5.82 Å². The molecule has 78 valence electrons. The van der Waals surface area contributed by atoms with Crippen molar-refractivity contribution >= 4 is 0 Å². The number of hydrogen-bond donors (Lipinski definition) is 1. The van der Waals surface area contributed by atoms with Crippen LogP contribution in [-0.4, -0.2) is 23.2 Å². The molecule has 0 fully saturated rings. The number of nitrogens with one attached hydrogen (secondary N) is 1. The number of aryl methyl sites for hydroxylation is 1. The van der Waals surface area contributed by atoms with Gasteiger partial charge in [0.2, 0.25) is 5.82 Å². The summed E-state index contributed by atoms with van der Waals surface area (Å²) in [7, 11) is 1.57. The van der Waals surface area contributed by atoms with E-state index in [4.69, 9.17) is 4.74 Å². The van der Waals surface area contributed by atoms with Crippen molar-refractivity contribution in [2.45, 2.75) is 26.4 Å². The Kier molecular flexibility index (Phi) is 3.35. The number of H-pyrrole nitrogens is 1. The van der Waals surface area contributed by atoms with E-state index in [1.165, 1.54) is 6.92 Å². The Labute approximate surface area is 81.1 Å². The number of methoxy groups -OCH3 is 1. The molecule has 1 unspecified atom stereocenters. The van der Waals surface area contributed by atoms with Crippen LogP contribution in [0.1, 0.15) is 18.4 Å². The molecule has 0 aliphatic rings. The highest BCUT2D eigenvalue weighted by atomic mass is 19.1. The highest BCUT2D eigenvalue weighted by Crippen LogP contribution is 2.00. The molecule has 0 spiro atoms. The van der Waals surface area contributed by atoms with Crippen LogP contribution in [0, 0.1) is 12.7 Å². The summed E-state index contributed by atoms with van der Waals surface area (Å²) in [6.45, 7) is 3.31. The predicted molar refractivity (Wildman–Crippen MR) is 49.7 cm³/mol. The number of ether oxygens (including phenoxy) is 1. The molecule has 0 saturated carbocycles. The summed E-state index contributed by atoms with van der Waals surface area (Å²) < 4.78 is 17.9. The van der Waals surface area contributed by atoms with Crippen molar-refractivity contribution in [3.8, 4) is 0 Å². The van der Waals surface area contributed by atoms with E-state index in [1.807, 2.05) is 6.92 Å². The van der Waals surface area contributed by atoms with Gasteiger partial charge in [-0.1, -0.05) is 0 Å². The molecule has 1 heterocycles. The summed E-state index contributed by atoms with van der Waals surface area (Å²) in [5.41, 5.74) is -0.608. The van der Waals surface area contributed by atoms with E-state index in [-0.39, 0.29) is 11.8 Å². The summed E-state index contributed by atoms with van der Waals surface area (Å²) in [5.74, 6) is -0.373. The molecule has 1 atom stereocenters. The average Bonchev–Trinajstić information content (AvgIpc) is 2.14. The maximum atomic E-state index is 12.9. The van der Waals surface area contributed by atoms with Gasteiger partial charge < -0.3 is 9.72 Å². The number of aromatic amines is 1. The van der Waals surface area contributed by atoms with Gasteiger partial charge in [0.05, 0.1) is 11.8 Å². The van der Waals surface area contributed by atoms with Crippen LogP contribution in [0.4, 0.5) is 4.39 Å². The van der Waals surface area contributed by atoms with Crippen LogP contribution in [0.25, 0.3) is 0 Å². The maximum absolute atomic E-state index is 12.9. The Morgan fingerprint density at radius 1 is 1.64 bits per heavy atom. The van der Waals surface area contributed by atoms with Crippen molar-refractivity contribution < 1.29 is 9.13 Å². The van der Waals surface area contributed by atoms with Crippen molar-refractivity contribution in [2.24, 2.45) is 0 Å². The van der Waals surface area contributed by atoms with Gasteiger partial charge in [0.25, 0.3) is 5.56 Å². The molecule has 0 aromatic carbocycles. The van der Waals surface area contributed by atoms with E-state index < -0.39 is 11.4 Å². The van der Waals surface area contributed by atoms with Gasteiger partial charge in [-0.15, -0.1) is 0 Å². The Hall–Kier alpha value is -1.23. The minimum absolute atomic E-state index is 0.0528. The second-order valence-electron chi connectivity index (χ2n) is 3.16. The third kappa shape index (κ3) is 2.38. The normalized spacial score (nSPS) is 12.9. The van der Waals surface area contributed by atoms with E-state index in [0.29, 0.717) is 12.2 Å². The van der Waals surface area contributed by atoms with Gasteiger partial charge >= 0.3 is 0 Å². The zero-order valence-corrected chi connectivity index (χ0v) is 8.43. The Balaban J connectivity index is 2.96. The third-order valence-electron chi connectivity index (χ3n) is 1.96. The minimum Gasteiger partial charge on any atom is -0.381 e. The molecule has 0 amide bonds. The smallest absolute Gasteiger partial charge is 0.287 e.